The van der Waals surface area contributed by atoms with Crippen molar-refractivity contribution in [3.05, 3.63) is 0 Å². The van der Waals surface area contributed by atoms with Crippen molar-refractivity contribution in [2.45, 2.75) is 0 Å². The van der Waals surface area contributed by atoms with E-state index in [9.17, 15) is 8.92 Å². The predicted molar refractivity (Wildman–Crippen MR) is 11.1 cm³/mol. The lowest BCUT2D eigenvalue weighted by Crippen LogP contribution is -1.48. The third-order valence-corrected chi connectivity index (χ3v) is 0.0772. The van der Waals surface area contributed by atoms with Crippen LogP contribution in [0.4, 0.5) is 8.92 Å². The molecule has 1 nitrogen and oxygen atoms in total. The fourth-order valence-electron chi connectivity index (χ4n) is 0.0146. The van der Waals surface area contributed by atoms with Crippen LogP contribution in [-0.2, 0) is 4.94 Å². The summed E-state index contributed by atoms with van der Waals surface area (Å²) in [5.74, 6) is 0. The van der Waals surface area contributed by atoms with Crippen molar-refractivity contribution in [3.8, 4) is 12.3 Å². The first-order valence-electron chi connectivity index (χ1n) is 0.797. The van der Waals surface area contributed by atoms with E-state index >= 15 is 0 Å². The Bertz CT molecular complexity index is 59.8. The van der Waals surface area contributed by atoms with E-state index < -0.39 is 0 Å². The van der Waals surface area contributed by atoms with E-state index in [4.69, 9.17) is 0 Å². The zero-order valence-corrected chi connectivity index (χ0v) is 2.16. The Morgan fingerprint density at radius 2 is 2.20 bits per heavy atom. The van der Waals surface area contributed by atoms with Crippen LogP contribution in [0.15, 0.2) is 0 Å². The Kier molecular flexibility index (Phi) is 2.72. The smallest absolute Gasteiger partial charge is 0.200 e. The van der Waals surface area contributed by atoms with Crippen molar-refractivity contribution in [3.63, 3.8) is 0 Å². The molecule has 28 valence electrons. The van der Waals surface area contributed by atoms with Crippen LogP contribution in [0, 0.1) is 12.3 Å². The van der Waals surface area contributed by atoms with E-state index in [2.05, 4.69) is 4.94 Å². The van der Waals surface area contributed by atoms with Crippen LogP contribution in [0.1, 0.15) is 0 Å². The highest BCUT2D eigenvalue weighted by Gasteiger charge is 1.53. The second kappa shape index (κ2) is 3.22. The molecule has 5 heavy (non-hydrogen) atoms. The minimum absolute atomic E-state index is 0.670. The van der Waals surface area contributed by atoms with Crippen LogP contribution in [0.5, 0.6) is 0 Å². The van der Waals surface area contributed by atoms with Crippen LogP contribution in [-0.4, -0.2) is 0 Å². The Morgan fingerprint density at radius 3 is 2.20 bits per heavy atom. The fraction of sp³-hybridized carbons (Fsp3) is 0. The van der Waals surface area contributed by atoms with Crippen LogP contribution < -0.4 is 0 Å². The third kappa shape index (κ3) is 3.22. The van der Waals surface area contributed by atoms with Gasteiger partial charge in [-0.05, 0) is 0 Å². The van der Waals surface area contributed by atoms with Crippen molar-refractivity contribution in [2.75, 3.05) is 0 Å². The van der Waals surface area contributed by atoms with Crippen molar-refractivity contribution >= 4 is 0 Å². The maximum Gasteiger partial charge on any atom is 0.200 e. The molecule has 3 heteroatoms. The molecule has 0 unspecified atom stereocenters. The maximum atomic E-state index is 10.3. The molecule has 0 aromatic rings. The van der Waals surface area contributed by atoms with Gasteiger partial charge in [0.05, 0.1) is 0 Å². The van der Waals surface area contributed by atoms with E-state index in [1.807, 2.05) is 0 Å². The zero-order chi connectivity index (χ0) is 4.12. The zero-order valence-electron chi connectivity index (χ0n) is 2.16. The van der Waals surface area contributed by atoms with Crippen molar-refractivity contribution in [2.24, 2.45) is 0 Å². The molecular weight excluding hydrogens is 78.0 g/mol. The van der Waals surface area contributed by atoms with E-state index in [-0.39, 0.29) is 0 Å². The van der Waals surface area contributed by atoms with E-state index in [1.165, 1.54) is 0 Å². The quantitative estimate of drug-likeness (QED) is 0.389. The highest BCUT2D eigenvalue weighted by atomic mass is 19.3. The summed E-state index contributed by atoms with van der Waals surface area (Å²) < 4.78 is 20.3. The third-order valence-electron chi connectivity index (χ3n) is 0.0772. The molecule has 0 aromatic heterocycles. The molecule has 0 aliphatic carbocycles. The SMILES string of the molecule is FC#COF. The summed E-state index contributed by atoms with van der Waals surface area (Å²) >= 11 is 0. The summed E-state index contributed by atoms with van der Waals surface area (Å²) in [6, 6.07) is 0. The van der Waals surface area contributed by atoms with Crippen molar-refractivity contribution in [1.29, 1.82) is 0 Å². The van der Waals surface area contributed by atoms with Gasteiger partial charge in [-0.2, -0.15) is 0 Å². The topological polar surface area (TPSA) is 9.23 Å². The summed E-state index contributed by atoms with van der Waals surface area (Å²) in [7, 11) is 0. The number of hydrogen-bond acceptors (Lipinski definition) is 1. The molecule has 0 aliphatic heterocycles. The van der Waals surface area contributed by atoms with Gasteiger partial charge in [-0.1, -0.05) is 0 Å². The summed E-state index contributed by atoms with van der Waals surface area (Å²) in [6.45, 7) is 0. The predicted octanol–water partition coefficient (Wildman–Crippen LogP) is 0.775. The first kappa shape index (κ1) is 4.22. The second-order valence-electron chi connectivity index (χ2n) is 0.274. The Hall–Kier alpha value is -0.780. The normalized spacial score (nSPS) is 4.40. The maximum absolute atomic E-state index is 10.3. The number of hydrogen-bond donors (Lipinski definition) is 0. The summed E-state index contributed by atoms with van der Waals surface area (Å²) in [4.78, 5) is 2.45. The molecule has 0 N–H and O–H groups in total. The van der Waals surface area contributed by atoms with Gasteiger partial charge in [-0.3, -0.25) is 0 Å². The molecular formula is C2F2O. The van der Waals surface area contributed by atoms with Crippen LogP contribution >= 0.6 is 0 Å². The minimum Gasteiger partial charge on any atom is -0.236 e. The van der Waals surface area contributed by atoms with Crippen molar-refractivity contribution in [1.82, 2.24) is 0 Å². The molecule has 0 fully saturated rings. The number of rotatable bonds is 0. The minimum atomic E-state index is 0.670. The van der Waals surface area contributed by atoms with Crippen LogP contribution in [0.25, 0.3) is 0 Å². The van der Waals surface area contributed by atoms with Gasteiger partial charge >= 0.3 is 0 Å². The van der Waals surface area contributed by atoms with Gasteiger partial charge in [0.15, 0.2) is 12.3 Å². The molecule has 0 radical (unpaired) electrons. The van der Waals surface area contributed by atoms with Crippen LogP contribution in [0.2, 0.25) is 0 Å². The van der Waals surface area contributed by atoms with E-state index in [0.29, 0.717) is 6.17 Å². The van der Waals surface area contributed by atoms with E-state index in [1.54, 1.807) is 0 Å². The fourth-order valence-corrected chi connectivity index (χ4v) is 0.0146. The Morgan fingerprint density at radius 1 is 1.60 bits per heavy atom. The highest BCUT2D eigenvalue weighted by Crippen LogP contribution is 1.62. The van der Waals surface area contributed by atoms with Gasteiger partial charge in [-0.25, -0.2) is 4.94 Å². The molecule has 0 aromatic carbocycles. The first-order valence-corrected chi connectivity index (χ1v) is 0.797. The lowest BCUT2D eigenvalue weighted by atomic mass is 11.3. The molecule has 0 aliphatic rings. The molecule has 0 saturated carbocycles. The molecule has 0 heterocycles. The van der Waals surface area contributed by atoms with Gasteiger partial charge in [0.1, 0.15) is 0 Å². The monoisotopic (exact) mass is 78.0 g/mol. The lowest BCUT2D eigenvalue weighted by molar-refractivity contribution is -0.0441. The molecule has 0 bridgehead atoms. The van der Waals surface area contributed by atoms with Gasteiger partial charge in [0.2, 0.25) is 0 Å². The van der Waals surface area contributed by atoms with Gasteiger partial charge in [-0.15, -0.1) is 4.39 Å². The Balaban J connectivity index is 2.81. The van der Waals surface area contributed by atoms with Gasteiger partial charge in [0.25, 0.3) is 0 Å². The first-order chi connectivity index (χ1) is 2.41. The Labute approximate surface area is 27.4 Å². The van der Waals surface area contributed by atoms with Crippen molar-refractivity contribution < 1.29 is 13.9 Å². The van der Waals surface area contributed by atoms with E-state index in [0.717, 1.165) is 6.11 Å². The summed E-state index contributed by atoms with van der Waals surface area (Å²) in [6.07, 6.45) is 1.70. The standard InChI is InChI=1S/C2F2O/c3-1-2-5-4. The molecule has 0 saturated heterocycles. The summed E-state index contributed by atoms with van der Waals surface area (Å²) in [5, 5.41) is 0. The largest absolute Gasteiger partial charge is 0.236 e. The molecule has 0 spiro atoms. The second-order valence-corrected chi connectivity index (χ2v) is 0.274. The summed E-state index contributed by atoms with van der Waals surface area (Å²) in [5.41, 5.74) is 0. The molecule has 0 atom stereocenters. The van der Waals surface area contributed by atoms with Crippen LogP contribution in [0.3, 0.4) is 0 Å². The lowest BCUT2D eigenvalue weighted by Gasteiger charge is -1.56. The highest BCUT2D eigenvalue weighted by molar-refractivity contribution is 4.75. The van der Waals surface area contributed by atoms with Gasteiger partial charge < -0.3 is 0 Å². The number of halogens is 2. The average Bonchev–Trinajstić information content (AvgIpc) is 1.41. The average molecular weight is 78.0 g/mol. The molecule has 0 amide bonds. The van der Waals surface area contributed by atoms with Gasteiger partial charge in [0, 0.05) is 4.53 Å². The molecule has 0 rings (SSSR count).